The third kappa shape index (κ3) is 2.94. The summed E-state index contributed by atoms with van der Waals surface area (Å²) in [6.07, 6.45) is 2.00. The van der Waals surface area contributed by atoms with E-state index >= 15 is 0 Å². The summed E-state index contributed by atoms with van der Waals surface area (Å²) < 4.78 is 0. The van der Waals surface area contributed by atoms with Crippen LogP contribution in [0.4, 0.5) is 0 Å². The van der Waals surface area contributed by atoms with E-state index < -0.39 is 0 Å². The minimum atomic E-state index is -0.104. The number of amides is 1. The van der Waals surface area contributed by atoms with E-state index in [0.717, 1.165) is 12.8 Å². The van der Waals surface area contributed by atoms with Crippen LogP contribution in [0.15, 0.2) is 0 Å². The summed E-state index contributed by atoms with van der Waals surface area (Å²) in [6.45, 7) is 9.85. The lowest BCUT2D eigenvalue weighted by molar-refractivity contribution is -0.127. The molecule has 1 amide bonds. The Bertz CT molecular complexity index is 244. The maximum Gasteiger partial charge on any atom is 0.226 e. The Morgan fingerprint density at radius 2 is 2.07 bits per heavy atom. The van der Waals surface area contributed by atoms with E-state index in [4.69, 9.17) is 5.73 Å². The van der Waals surface area contributed by atoms with E-state index in [9.17, 15) is 4.79 Å². The van der Waals surface area contributed by atoms with Crippen LogP contribution in [-0.4, -0.2) is 19.0 Å². The summed E-state index contributed by atoms with van der Waals surface area (Å²) in [5, 5.41) is 2.92. The van der Waals surface area contributed by atoms with Crippen LogP contribution in [0.1, 0.15) is 40.5 Å². The van der Waals surface area contributed by atoms with Crippen LogP contribution in [0.5, 0.6) is 0 Å². The first kappa shape index (κ1) is 12.5. The van der Waals surface area contributed by atoms with Gasteiger partial charge in [-0.05, 0) is 24.2 Å². The van der Waals surface area contributed by atoms with Crippen molar-refractivity contribution >= 4 is 5.91 Å². The van der Waals surface area contributed by atoms with Gasteiger partial charge in [0.1, 0.15) is 0 Å². The second kappa shape index (κ2) is 4.12. The summed E-state index contributed by atoms with van der Waals surface area (Å²) in [5.41, 5.74) is 5.50. The number of nitrogens with two attached hydrogens (primary N) is 1. The predicted octanol–water partition coefficient (Wildman–Crippen LogP) is 1.52. The van der Waals surface area contributed by atoms with Gasteiger partial charge < -0.3 is 11.1 Å². The van der Waals surface area contributed by atoms with Gasteiger partial charge in [0.25, 0.3) is 0 Å². The summed E-state index contributed by atoms with van der Waals surface area (Å²) in [5.74, 6) is 0.727. The zero-order valence-corrected chi connectivity index (χ0v) is 10.4. The molecular formula is C12H24N2O. The second-order valence-electron chi connectivity index (χ2n) is 6.04. The maximum atomic E-state index is 12.0. The Hall–Kier alpha value is -0.570. The van der Waals surface area contributed by atoms with Gasteiger partial charge in [-0.2, -0.15) is 0 Å². The third-order valence-electron chi connectivity index (χ3n) is 3.18. The third-order valence-corrected chi connectivity index (χ3v) is 3.18. The van der Waals surface area contributed by atoms with Crippen LogP contribution < -0.4 is 11.1 Å². The maximum absolute atomic E-state index is 12.0. The van der Waals surface area contributed by atoms with E-state index in [0.29, 0.717) is 19.0 Å². The van der Waals surface area contributed by atoms with Gasteiger partial charge >= 0.3 is 0 Å². The SMILES string of the molecule is CC1CC1(CC(C)(C)C)C(=O)NCCN. The Balaban J connectivity index is 2.58. The highest BCUT2D eigenvalue weighted by Crippen LogP contribution is 2.58. The van der Waals surface area contributed by atoms with Gasteiger partial charge in [0, 0.05) is 13.1 Å². The molecule has 15 heavy (non-hydrogen) atoms. The normalized spacial score (nSPS) is 30.1. The van der Waals surface area contributed by atoms with Crippen molar-refractivity contribution < 1.29 is 4.79 Å². The first-order valence-corrected chi connectivity index (χ1v) is 5.80. The zero-order valence-electron chi connectivity index (χ0n) is 10.4. The Morgan fingerprint density at radius 3 is 2.40 bits per heavy atom. The molecule has 0 aromatic rings. The number of carbonyl (C=O) groups is 1. The van der Waals surface area contributed by atoms with E-state index in [1.807, 2.05) is 0 Å². The average Bonchev–Trinajstić information content (AvgIpc) is 2.70. The van der Waals surface area contributed by atoms with Crippen molar-refractivity contribution in [3.8, 4) is 0 Å². The topological polar surface area (TPSA) is 55.1 Å². The molecule has 0 spiro atoms. The van der Waals surface area contributed by atoms with E-state index in [-0.39, 0.29) is 16.7 Å². The van der Waals surface area contributed by atoms with Gasteiger partial charge in [-0.1, -0.05) is 27.7 Å². The molecule has 3 N–H and O–H groups in total. The monoisotopic (exact) mass is 212 g/mol. The molecule has 3 nitrogen and oxygen atoms in total. The van der Waals surface area contributed by atoms with Crippen LogP contribution in [0.25, 0.3) is 0 Å². The molecule has 2 atom stereocenters. The minimum absolute atomic E-state index is 0.104. The van der Waals surface area contributed by atoms with Gasteiger partial charge in [0.05, 0.1) is 5.41 Å². The highest BCUT2D eigenvalue weighted by Gasteiger charge is 2.57. The van der Waals surface area contributed by atoms with Gasteiger partial charge in [0.15, 0.2) is 0 Å². The molecule has 1 aliphatic rings. The Labute approximate surface area is 92.8 Å². The molecule has 1 fully saturated rings. The Kier molecular flexibility index (Phi) is 3.44. The fraction of sp³-hybridized carbons (Fsp3) is 0.917. The Morgan fingerprint density at radius 1 is 1.53 bits per heavy atom. The summed E-state index contributed by atoms with van der Waals surface area (Å²) in [6, 6.07) is 0. The van der Waals surface area contributed by atoms with Gasteiger partial charge in [-0.25, -0.2) is 0 Å². The summed E-state index contributed by atoms with van der Waals surface area (Å²) >= 11 is 0. The molecule has 1 saturated carbocycles. The average molecular weight is 212 g/mol. The molecular weight excluding hydrogens is 188 g/mol. The van der Waals surface area contributed by atoms with Crippen molar-refractivity contribution in [2.75, 3.05) is 13.1 Å². The molecule has 2 unspecified atom stereocenters. The smallest absolute Gasteiger partial charge is 0.226 e. The molecule has 1 aliphatic carbocycles. The molecule has 0 aliphatic heterocycles. The van der Waals surface area contributed by atoms with Crippen LogP contribution in [-0.2, 0) is 4.79 Å². The lowest BCUT2D eigenvalue weighted by atomic mass is 9.81. The first-order chi connectivity index (χ1) is 6.82. The van der Waals surface area contributed by atoms with Gasteiger partial charge in [-0.15, -0.1) is 0 Å². The molecule has 0 saturated heterocycles. The number of hydrogen-bond donors (Lipinski definition) is 2. The highest BCUT2D eigenvalue weighted by atomic mass is 16.2. The first-order valence-electron chi connectivity index (χ1n) is 5.80. The predicted molar refractivity (Wildman–Crippen MR) is 62.4 cm³/mol. The van der Waals surface area contributed by atoms with Gasteiger partial charge in [0.2, 0.25) is 5.91 Å². The van der Waals surface area contributed by atoms with Crippen molar-refractivity contribution in [1.29, 1.82) is 0 Å². The number of hydrogen-bond acceptors (Lipinski definition) is 2. The minimum Gasteiger partial charge on any atom is -0.354 e. The molecule has 0 bridgehead atoms. The van der Waals surface area contributed by atoms with Crippen LogP contribution in [0, 0.1) is 16.7 Å². The second-order valence-corrected chi connectivity index (χ2v) is 6.04. The zero-order chi connectivity index (χ0) is 11.7. The molecule has 0 radical (unpaired) electrons. The van der Waals surface area contributed by atoms with E-state index in [1.165, 1.54) is 0 Å². The van der Waals surface area contributed by atoms with Crippen molar-refractivity contribution in [3.05, 3.63) is 0 Å². The van der Waals surface area contributed by atoms with Crippen molar-refractivity contribution in [3.63, 3.8) is 0 Å². The van der Waals surface area contributed by atoms with Crippen molar-refractivity contribution in [2.45, 2.75) is 40.5 Å². The van der Waals surface area contributed by atoms with Crippen LogP contribution in [0.3, 0.4) is 0 Å². The molecule has 0 aromatic carbocycles. The van der Waals surface area contributed by atoms with Crippen LogP contribution >= 0.6 is 0 Å². The fourth-order valence-electron chi connectivity index (χ4n) is 2.44. The number of nitrogens with one attached hydrogen (secondary N) is 1. The number of rotatable bonds is 4. The standard InChI is InChI=1S/C12H24N2O/c1-9-7-12(9,8-11(2,3)4)10(15)14-6-5-13/h9H,5-8,13H2,1-4H3,(H,14,15). The summed E-state index contributed by atoms with van der Waals surface area (Å²) in [4.78, 5) is 12.0. The number of carbonyl (C=O) groups excluding carboxylic acids is 1. The largest absolute Gasteiger partial charge is 0.354 e. The lowest BCUT2D eigenvalue weighted by Crippen LogP contribution is -2.38. The fourth-order valence-corrected chi connectivity index (χ4v) is 2.44. The molecule has 1 rings (SSSR count). The molecule has 3 heteroatoms. The van der Waals surface area contributed by atoms with E-state index in [1.54, 1.807) is 0 Å². The molecule has 88 valence electrons. The van der Waals surface area contributed by atoms with Crippen molar-refractivity contribution in [1.82, 2.24) is 5.32 Å². The van der Waals surface area contributed by atoms with Gasteiger partial charge in [-0.3, -0.25) is 4.79 Å². The highest BCUT2D eigenvalue weighted by molar-refractivity contribution is 5.85. The van der Waals surface area contributed by atoms with Crippen molar-refractivity contribution in [2.24, 2.45) is 22.5 Å². The van der Waals surface area contributed by atoms with Crippen LogP contribution in [0.2, 0.25) is 0 Å². The molecule has 0 heterocycles. The quantitative estimate of drug-likeness (QED) is 0.742. The lowest BCUT2D eigenvalue weighted by Gasteiger charge is -2.26. The molecule has 0 aromatic heterocycles. The van der Waals surface area contributed by atoms with E-state index in [2.05, 4.69) is 33.0 Å². The summed E-state index contributed by atoms with van der Waals surface area (Å²) in [7, 11) is 0.